The highest BCUT2D eigenvalue weighted by atomic mass is 32.2. The molecule has 1 N–H and O–H groups in total. The highest BCUT2D eigenvalue weighted by Crippen LogP contribution is 2.65. The molecule has 7 nitrogen and oxygen atoms in total. The summed E-state index contributed by atoms with van der Waals surface area (Å²) in [4.78, 5) is 44.9. The fourth-order valence-corrected chi connectivity index (χ4v) is 8.26. The monoisotopic (exact) mass is 476 g/mol. The van der Waals surface area contributed by atoms with E-state index >= 15 is 0 Å². The summed E-state index contributed by atoms with van der Waals surface area (Å²) in [5, 5.41) is 10.3. The molecule has 33 heavy (non-hydrogen) atoms. The van der Waals surface area contributed by atoms with E-state index in [0.29, 0.717) is 19.4 Å². The summed E-state index contributed by atoms with van der Waals surface area (Å²) in [6.07, 6.45) is 9.24. The second-order valence-electron chi connectivity index (χ2n) is 10.6. The first-order chi connectivity index (χ1) is 15.6. The van der Waals surface area contributed by atoms with Gasteiger partial charge in [-0.2, -0.15) is 0 Å². The number of aliphatic hydroxyl groups is 1. The van der Waals surface area contributed by atoms with Crippen LogP contribution in [0.25, 0.3) is 0 Å². The Kier molecular flexibility index (Phi) is 6.46. The molecule has 0 bridgehead atoms. The predicted octanol–water partition coefficient (Wildman–Crippen LogP) is 2.39. The van der Waals surface area contributed by atoms with Gasteiger partial charge in [-0.25, -0.2) is 0 Å². The van der Waals surface area contributed by atoms with Crippen LogP contribution in [0.1, 0.15) is 47.5 Å². The summed E-state index contributed by atoms with van der Waals surface area (Å²) in [6, 6.07) is -1.30. The fourth-order valence-electron chi connectivity index (χ4n) is 6.12. The lowest BCUT2D eigenvalue weighted by Crippen LogP contribution is -2.57. The minimum absolute atomic E-state index is 0.0356. The molecule has 182 valence electrons. The van der Waals surface area contributed by atoms with Gasteiger partial charge in [-0.05, 0) is 39.5 Å². The maximum atomic E-state index is 14.2. The number of fused-ring (bicyclic) bond motifs is 2. The molecule has 0 aromatic rings. The molecule has 4 aliphatic heterocycles. The number of rotatable bonds is 5. The molecule has 4 rings (SSSR count). The lowest BCUT2D eigenvalue weighted by Gasteiger charge is -2.41. The molecule has 4 aliphatic rings. The van der Waals surface area contributed by atoms with Crippen LogP contribution in [0.4, 0.5) is 0 Å². The number of cyclic esters (lactones) is 1. The summed E-state index contributed by atoms with van der Waals surface area (Å²) in [6.45, 7) is 10.5. The molecule has 0 aliphatic carbocycles. The second-order valence-corrected chi connectivity index (χ2v) is 12.3. The lowest BCUT2D eigenvalue weighted by atomic mass is 9.74. The van der Waals surface area contributed by atoms with Crippen molar-refractivity contribution in [3.63, 3.8) is 0 Å². The van der Waals surface area contributed by atoms with Crippen molar-refractivity contribution in [3.8, 4) is 0 Å². The van der Waals surface area contributed by atoms with Gasteiger partial charge in [0.15, 0.2) is 0 Å². The van der Waals surface area contributed by atoms with E-state index in [2.05, 4.69) is 0 Å². The molecule has 0 saturated carbocycles. The highest BCUT2D eigenvalue weighted by Gasteiger charge is 2.74. The average molecular weight is 477 g/mol. The van der Waals surface area contributed by atoms with Crippen LogP contribution in [0.15, 0.2) is 24.3 Å². The normalized spacial score (nSPS) is 37.0. The van der Waals surface area contributed by atoms with E-state index in [1.54, 1.807) is 21.6 Å². The van der Waals surface area contributed by atoms with E-state index in [-0.39, 0.29) is 43.0 Å². The number of carbonyl (C=O) groups is 3. The number of likely N-dealkylation sites (tertiary alicyclic amines) is 1. The summed E-state index contributed by atoms with van der Waals surface area (Å²) < 4.78 is 4.00. The van der Waals surface area contributed by atoms with Gasteiger partial charge in [-0.1, -0.05) is 38.2 Å². The fraction of sp³-hybridized carbons (Fsp3) is 0.720. The van der Waals surface area contributed by atoms with Gasteiger partial charge in [0.05, 0.1) is 35.8 Å². The van der Waals surface area contributed by atoms with E-state index in [0.717, 1.165) is 0 Å². The predicted molar refractivity (Wildman–Crippen MR) is 127 cm³/mol. The molecule has 2 saturated heterocycles. The summed E-state index contributed by atoms with van der Waals surface area (Å²) in [5.74, 6) is -1.90. The van der Waals surface area contributed by atoms with Gasteiger partial charge in [-0.3, -0.25) is 14.4 Å². The van der Waals surface area contributed by atoms with Gasteiger partial charge in [0.25, 0.3) is 0 Å². The number of esters is 1. The van der Waals surface area contributed by atoms with E-state index < -0.39 is 33.4 Å². The quantitative estimate of drug-likeness (QED) is 0.484. The molecular formula is C25H36N2O5S. The third-order valence-corrected chi connectivity index (χ3v) is 9.26. The number of hydrogen-bond acceptors (Lipinski definition) is 6. The summed E-state index contributed by atoms with van der Waals surface area (Å²) in [7, 11) is 0. The number of nitrogens with zero attached hydrogens (tertiary/aromatic N) is 2. The zero-order valence-corrected chi connectivity index (χ0v) is 21.0. The van der Waals surface area contributed by atoms with Crippen LogP contribution in [-0.4, -0.2) is 80.1 Å². The maximum absolute atomic E-state index is 14.2. The molecule has 0 aromatic heterocycles. The highest BCUT2D eigenvalue weighted by molar-refractivity contribution is 8.02. The molecule has 2 amide bonds. The van der Waals surface area contributed by atoms with E-state index in [1.165, 1.54) is 0 Å². The number of ether oxygens (including phenoxy) is 1. The van der Waals surface area contributed by atoms with Gasteiger partial charge in [0.2, 0.25) is 11.8 Å². The Morgan fingerprint density at radius 2 is 1.85 bits per heavy atom. The third kappa shape index (κ3) is 3.73. The zero-order chi connectivity index (χ0) is 24.1. The molecule has 8 heteroatoms. The topological polar surface area (TPSA) is 87.2 Å². The van der Waals surface area contributed by atoms with Gasteiger partial charge in [-0.15, -0.1) is 11.8 Å². The Bertz CT molecular complexity index is 886. The molecule has 6 atom stereocenters. The van der Waals surface area contributed by atoms with Crippen molar-refractivity contribution >= 4 is 29.5 Å². The van der Waals surface area contributed by atoms with Crippen LogP contribution in [0.2, 0.25) is 0 Å². The smallest absolute Gasteiger partial charge is 0.311 e. The van der Waals surface area contributed by atoms with Gasteiger partial charge in [0.1, 0.15) is 6.04 Å². The van der Waals surface area contributed by atoms with Gasteiger partial charge < -0.3 is 19.6 Å². The largest absolute Gasteiger partial charge is 0.465 e. The van der Waals surface area contributed by atoms with Crippen LogP contribution >= 0.6 is 11.8 Å². The van der Waals surface area contributed by atoms with Crippen molar-refractivity contribution < 1.29 is 24.2 Å². The maximum Gasteiger partial charge on any atom is 0.311 e. The van der Waals surface area contributed by atoms with E-state index in [4.69, 9.17) is 4.74 Å². The average Bonchev–Trinajstić information content (AvgIpc) is 3.05. The lowest BCUT2D eigenvalue weighted by molar-refractivity contribution is -0.155. The summed E-state index contributed by atoms with van der Waals surface area (Å²) in [5.41, 5.74) is 0. The van der Waals surface area contributed by atoms with Crippen LogP contribution in [-0.2, 0) is 19.1 Å². The van der Waals surface area contributed by atoms with Gasteiger partial charge in [0, 0.05) is 17.3 Å². The minimum Gasteiger partial charge on any atom is -0.465 e. The van der Waals surface area contributed by atoms with Gasteiger partial charge >= 0.3 is 5.97 Å². The first-order valence-corrected chi connectivity index (χ1v) is 12.8. The van der Waals surface area contributed by atoms with Crippen molar-refractivity contribution in [1.29, 1.82) is 0 Å². The summed E-state index contributed by atoms with van der Waals surface area (Å²) >= 11 is 1.54. The zero-order valence-electron chi connectivity index (χ0n) is 20.2. The van der Waals surface area contributed by atoms with Crippen LogP contribution in [0, 0.1) is 17.8 Å². The Balaban J connectivity index is 1.90. The molecule has 0 radical (unpaired) electrons. The number of amides is 2. The van der Waals surface area contributed by atoms with E-state index in [1.807, 2.05) is 58.9 Å². The first kappa shape index (κ1) is 24.3. The molecular weight excluding hydrogens is 440 g/mol. The molecule has 2 fully saturated rings. The Hall–Kier alpha value is -1.80. The van der Waals surface area contributed by atoms with Crippen molar-refractivity contribution in [3.05, 3.63) is 24.3 Å². The SMILES string of the molecule is CC(C)C[C@H](CO)N1C(=O)[C@@H]2[C@H]3C(=O)OCCC=C[C@@]3(C)S[C@@]23C=CCN(C(C)C)C(=O)C13. The van der Waals surface area contributed by atoms with Crippen molar-refractivity contribution in [1.82, 2.24) is 9.80 Å². The van der Waals surface area contributed by atoms with Crippen LogP contribution in [0.5, 0.6) is 0 Å². The Morgan fingerprint density at radius 1 is 1.12 bits per heavy atom. The Labute approximate surface area is 200 Å². The van der Waals surface area contributed by atoms with Crippen molar-refractivity contribution in [2.75, 3.05) is 19.8 Å². The van der Waals surface area contributed by atoms with E-state index in [9.17, 15) is 19.5 Å². The molecule has 1 unspecified atom stereocenters. The van der Waals surface area contributed by atoms with Crippen molar-refractivity contribution in [2.24, 2.45) is 17.8 Å². The van der Waals surface area contributed by atoms with Crippen molar-refractivity contribution in [2.45, 2.75) is 75.1 Å². The first-order valence-electron chi connectivity index (χ1n) is 12.0. The number of carbonyl (C=O) groups excluding carboxylic acids is 3. The Morgan fingerprint density at radius 3 is 2.48 bits per heavy atom. The number of aliphatic hydroxyl groups excluding tert-OH is 1. The molecule has 1 spiro atoms. The van der Waals surface area contributed by atoms with Crippen LogP contribution < -0.4 is 0 Å². The van der Waals surface area contributed by atoms with Crippen LogP contribution in [0.3, 0.4) is 0 Å². The standard InChI is InChI=1S/C25H36N2O5S/c1-15(2)13-17(14-28)27-20-22(30)26(16(3)4)11-8-10-25(20)18(21(27)29)19-23(31)32-12-7-6-9-24(19,5)33-25/h6,8-10,15-20,28H,7,11-14H2,1-5H3/t17-,18+,19+,20?,24-,25+/m1/s1. The minimum atomic E-state index is -0.894. The second kappa shape index (κ2) is 8.77. The third-order valence-electron chi connectivity index (χ3n) is 7.46. The number of hydrogen-bond donors (Lipinski definition) is 1. The number of thioether (sulfide) groups is 1. The molecule has 4 heterocycles. The molecule has 0 aromatic carbocycles.